The lowest BCUT2D eigenvalue weighted by Gasteiger charge is -2.30. The molecule has 1 aliphatic rings. The maximum atomic E-state index is 12.7. The van der Waals surface area contributed by atoms with E-state index in [9.17, 15) is 4.79 Å². The van der Waals surface area contributed by atoms with Gasteiger partial charge in [0.2, 0.25) is 0 Å². The van der Waals surface area contributed by atoms with Crippen LogP contribution in [0.1, 0.15) is 43.0 Å². The molecule has 0 spiro atoms. The van der Waals surface area contributed by atoms with E-state index in [1.54, 1.807) is 12.1 Å². The van der Waals surface area contributed by atoms with Crippen molar-refractivity contribution in [1.29, 1.82) is 0 Å². The zero-order valence-corrected chi connectivity index (χ0v) is 14.7. The molecule has 1 saturated heterocycles. The highest BCUT2D eigenvalue weighted by molar-refractivity contribution is 9.10. The average molecular weight is 374 g/mol. The van der Waals surface area contributed by atoms with Crippen molar-refractivity contribution in [2.75, 3.05) is 19.6 Å². The second-order valence-electron chi connectivity index (χ2n) is 5.53. The summed E-state index contributed by atoms with van der Waals surface area (Å²) in [5, 5.41) is 4.14. The lowest BCUT2D eigenvalue weighted by molar-refractivity contribution is 0.0731. The van der Waals surface area contributed by atoms with Gasteiger partial charge in [-0.05, 0) is 59.9 Å². The predicted octanol–water partition coefficient (Wildman–Crippen LogP) is 4.10. The van der Waals surface area contributed by atoms with Gasteiger partial charge in [-0.15, -0.1) is 0 Å². The smallest absolute Gasteiger partial charge is 0.253 e. The maximum absolute atomic E-state index is 12.7. The number of halogens is 2. The van der Waals surface area contributed by atoms with Crippen molar-refractivity contribution in [2.24, 2.45) is 0 Å². The lowest BCUT2D eigenvalue weighted by Crippen LogP contribution is -2.46. The molecule has 0 radical (unpaired) electrons. The van der Waals surface area contributed by atoms with Crippen LogP contribution in [0.2, 0.25) is 5.02 Å². The third-order valence-electron chi connectivity index (χ3n) is 3.80. The fourth-order valence-corrected chi connectivity index (χ4v) is 3.20. The summed E-state index contributed by atoms with van der Waals surface area (Å²) in [7, 11) is 0. The standard InChI is InChI=1S/C16H22BrClN2O/c1-2-9-20(11-13-5-3-4-8-19-13)16(21)12-6-7-15(18)14(17)10-12/h6-7,10,13,19H,2-5,8-9,11H2,1H3. The Morgan fingerprint density at radius 1 is 1.48 bits per heavy atom. The Bertz CT molecular complexity index is 489. The fourth-order valence-electron chi connectivity index (χ4n) is 2.70. The first-order chi connectivity index (χ1) is 10.1. The van der Waals surface area contributed by atoms with Gasteiger partial charge >= 0.3 is 0 Å². The van der Waals surface area contributed by atoms with Crippen molar-refractivity contribution < 1.29 is 4.79 Å². The van der Waals surface area contributed by atoms with E-state index in [0.29, 0.717) is 16.6 Å². The monoisotopic (exact) mass is 372 g/mol. The average Bonchev–Trinajstić information content (AvgIpc) is 2.50. The zero-order valence-electron chi connectivity index (χ0n) is 12.4. The molecule has 0 saturated carbocycles. The van der Waals surface area contributed by atoms with Crippen LogP contribution in [0.5, 0.6) is 0 Å². The number of hydrogen-bond acceptors (Lipinski definition) is 2. The molecule has 0 aromatic heterocycles. The Morgan fingerprint density at radius 2 is 2.29 bits per heavy atom. The number of rotatable bonds is 5. The van der Waals surface area contributed by atoms with Gasteiger partial charge in [-0.3, -0.25) is 4.79 Å². The first-order valence-electron chi connectivity index (χ1n) is 7.59. The number of carbonyl (C=O) groups is 1. The third-order valence-corrected chi connectivity index (χ3v) is 5.01. The molecule has 3 nitrogen and oxygen atoms in total. The number of carbonyl (C=O) groups excluding carboxylic acids is 1. The van der Waals surface area contributed by atoms with Gasteiger partial charge in [0.25, 0.3) is 5.91 Å². The van der Waals surface area contributed by atoms with Crippen LogP contribution in [0.3, 0.4) is 0 Å². The summed E-state index contributed by atoms with van der Waals surface area (Å²) in [5.74, 6) is 0.0848. The molecule has 0 aliphatic carbocycles. The summed E-state index contributed by atoms with van der Waals surface area (Å²) >= 11 is 9.39. The van der Waals surface area contributed by atoms with Crippen molar-refractivity contribution in [3.05, 3.63) is 33.3 Å². The molecule has 1 aliphatic heterocycles. The molecule has 1 aromatic carbocycles. The number of nitrogens with one attached hydrogen (secondary N) is 1. The SMILES string of the molecule is CCCN(CC1CCCCN1)C(=O)c1ccc(Cl)c(Br)c1. The number of amides is 1. The van der Waals surface area contributed by atoms with Gasteiger partial charge in [0.05, 0.1) is 5.02 Å². The molecule has 1 heterocycles. The Kier molecular flexibility index (Phi) is 6.52. The molecule has 1 aromatic rings. The summed E-state index contributed by atoms with van der Waals surface area (Å²) in [6.45, 7) is 4.74. The number of hydrogen-bond donors (Lipinski definition) is 1. The quantitative estimate of drug-likeness (QED) is 0.843. The van der Waals surface area contributed by atoms with Crippen LogP contribution in [0.25, 0.3) is 0 Å². The largest absolute Gasteiger partial charge is 0.337 e. The van der Waals surface area contributed by atoms with Gasteiger partial charge in [0.15, 0.2) is 0 Å². The number of piperidine rings is 1. The summed E-state index contributed by atoms with van der Waals surface area (Å²) in [4.78, 5) is 14.7. The molecule has 1 amide bonds. The molecule has 0 bridgehead atoms. The summed E-state index contributed by atoms with van der Waals surface area (Å²) in [6, 6.07) is 5.79. The van der Waals surface area contributed by atoms with E-state index < -0.39 is 0 Å². The normalized spacial score (nSPS) is 18.5. The van der Waals surface area contributed by atoms with Crippen molar-refractivity contribution in [2.45, 2.75) is 38.6 Å². The number of nitrogens with zero attached hydrogens (tertiary/aromatic N) is 1. The van der Waals surface area contributed by atoms with Crippen LogP contribution in [-0.4, -0.2) is 36.5 Å². The van der Waals surface area contributed by atoms with E-state index in [4.69, 9.17) is 11.6 Å². The van der Waals surface area contributed by atoms with E-state index in [1.165, 1.54) is 12.8 Å². The van der Waals surface area contributed by atoms with Crippen LogP contribution in [0, 0.1) is 0 Å². The third kappa shape index (κ3) is 4.70. The molecule has 1 N–H and O–H groups in total. The Labute approximate surface area is 140 Å². The minimum Gasteiger partial charge on any atom is -0.337 e. The van der Waals surface area contributed by atoms with Crippen LogP contribution in [-0.2, 0) is 0 Å². The Morgan fingerprint density at radius 3 is 2.90 bits per heavy atom. The minimum absolute atomic E-state index is 0.0848. The van der Waals surface area contributed by atoms with E-state index in [2.05, 4.69) is 28.2 Å². The Hall–Kier alpha value is -0.580. The van der Waals surface area contributed by atoms with Crippen molar-refractivity contribution in [1.82, 2.24) is 10.2 Å². The second kappa shape index (κ2) is 8.16. The molecule has 116 valence electrons. The van der Waals surface area contributed by atoms with Crippen LogP contribution >= 0.6 is 27.5 Å². The molecule has 21 heavy (non-hydrogen) atoms. The molecular weight excluding hydrogens is 352 g/mol. The summed E-state index contributed by atoms with van der Waals surface area (Å²) in [5.41, 5.74) is 0.690. The Balaban J connectivity index is 2.08. The molecule has 2 rings (SSSR count). The molecule has 1 fully saturated rings. The number of benzene rings is 1. The predicted molar refractivity (Wildman–Crippen MR) is 91.0 cm³/mol. The second-order valence-corrected chi connectivity index (χ2v) is 6.79. The summed E-state index contributed by atoms with van der Waals surface area (Å²) in [6.07, 6.45) is 4.60. The molecule has 1 atom stereocenters. The van der Waals surface area contributed by atoms with Crippen molar-refractivity contribution in [3.8, 4) is 0 Å². The van der Waals surface area contributed by atoms with Crippen LogP contribution in [0.15, 0.2) is 22.7 Å². The van der Waals surface area contributed by atoms with Gasteiger partial charge in [-0.1, -0.05) is 24.9 Å². The van der Waals surface area contributed by atoms with Gasteiger partial charge in [0, 0.05) is 29.2 Å². The summed E-state index contributed by atoms with van der Waals surface area (Å²) < 4.78 is 0.766. The highest BCUT2D eigenvalue weighted by Gasteiger charge is 2.21. The van der Waals surface area contributed by atoms with Gasteiger partial charge < -0.3 is 10.2 Å². The van der Waals surface area contributed by atoms with Gasteiger partial charge in [-0.25, -0.2) is 0 Å². The van der Waals surface area contributed by atoms with E-state index in [0.717, 1.165) is 36.9 Å². The molecule has 1 unspecified atom stereocenters. The maximum Gasteiger partial charge on any atom is 0.253 e. The van der Waals surface area contributed by atoms with E-state index >= 15 is 0 Å². The van der Waals surface area contributed by atoms with E-state index in [1.807, 2.05) is 11.0 Å². The fraction of sp³-hybridized carbons (Fsp3) is 0.562. The topological polar surface area (TPSA) is 32.3 Å². The van der Waals surface area contributed by atoms with Crippen molar-refractivity contribution in [3.63, 3.8) is 0 Å². The van der Waals surface area contributed by atoms with Crippen LogP contribution in [0.4, 0.5) is 0 Å². The van der Waals surface area contributed by atoms with E-state index in [-0.39, 0.29) is 5.91 Å². The first kappa shape index (κ1) is 16.8. The molecule has 5 heteroatoms. The highest BCUT2D eigenvalue weighted by atomic mass is 79.9. The van der Waals surface area contributed by atoms with Crippen LogP contribution < -0.4 is 5.32 Å². The highest BCUT2D eigenvalue weighted by Crippen LogP contribution is 2.24. The van der Waals surface area contributed by atoms with Gasteiger partial charge in [0.1, 0.15) is 0 Å². The zero-order chi connectivity index (χ0) is 15.2. The lowest BCUT2D eigenvalue weighted by atomic mass is 10.0. The van der Waals surface area contributed by atoms with Crippen molar-refractivity contribution >= 4 is 33.4 Å². The molecular formula is C16H22BrClN2O. The first-order valence-corrected chi connectivity index (χ1v) is 8.76. The minimum atomic E-state index is 0.0848. The van der Waals surface area contributed by atoms with Gasteiger partial charge in [-0.2, -0.15) is 0 Å².